The molecule has 0 bridgehead atoms. The molecule has 1 aliphatic heterocycles. The van der Waals surface area contributed by atoms with Gasteiger partial charge in [-0.1, -0.05) is 53.7 Å². The van der Waals surface area contributed by atoms with E-state index in [1.807, 2.05) is 30.3 Å². The zero-order valence-electron chi connectivity index (χ0n) is 14.5. The minimum absolute atomic E-state index is 0.197. The molecule has 2 heterocycles. The first-order valence-corrected chi connectivity index (χ1v) is 8.94. The number of hydrogen-bond acceptors (Lipinski definition) is 4. The van der Waals surface area contributed by atoms with Crippen molar-refractivity contribution in [2.24, 2.45) is 0 Å². The topological polar surface area (TPSA) is 58.4 Å². The molecule has 5 heteroatoms. The molecule has 1 aromatic heterocycles. The van der Waals surface area contributed by atoms with E-state index in [1.54, 1.807) is 6.07 Å². The standard InChI is InChI=1S/C21H21N3O2/c25-21(18-15-20(26-23-18)17-8-2-1-3-9-17)22-12-6-13-24-14-11-16-7-4-5-10-19(16)24/h1-5,7-10,15H,6,11-14H2,(H,22,25). The summed E-state index contributed by atoms with van der Waals surface area (Å²) in [7, 11) is 0. The van der Waals surface area contributed by atoms with Crippen LogP contribution in [0, 0.1) is 0 Å². The first-order valence-electron chi connectivity index (χ1n) is 8.94. The summed E-state index contributed by atoms with van der Waals surface area (Å²) in [5.74, 6) is 0.405. The number of nitrogens with one attached hydrogen (secondary N) is 1. The fraction of sp³-hybridized carbons (Fsp3) is 0.238. The molecular formula is C21H21N3O2. The third-order valence-electron chi connectivity index (χ3n) is 4.67. The Hall–Kier alpha value is -3.08. The molecule has 0 fully saturated rings. The largest absolute Gasteiger partial charge is 0.371 e. The molecule has 0 aliphatic carbocycles. The number of aromatic nitrogens is 1. The van der Waals surface area contributed by atoms with Crippen LogP contribution >= 0.6 is 0 Å². The van der Waals surface area contributed by atoms with Gasteiger partial charge in [-0.3, -0.25) is 4.79 Å². The number of anilines is 1. The Kier molecular flexibility index (Phi) is 4.69. The lowest BCUT2D eigenvalue weighted by molar-refractivity contribution is 0.0944. The fourth-order valence-corrected chi connectivity index (χ4v) is 3.32. The third kappa shape index (κ3) is 3.47. The van der Waals surface area contributed by atoms with Crippen molar-refractivity contribution >= 4 is 11.6 Å². The Balaban J connectivity index is 1.27. The van der Waals surface area contributed by atoms with Crippen LogP contribution in [0.1, 0.15) is 22.5 Å². The number of amides is 1. The maximum absolute atomic E-state index is 12.2. The monoisotopic (exact) mass is 347 g/mol. The summed E-state index contributed by atoms with van der Waals surface area (Å²) in [6.07, 6.45) is 1.99. The third-order valence-corrected chi connectivity index (χ3v) is 4.67. The maximum Gasteiger partial charge on any atom is 0.273 e. The van der Waals surface area contributed by atoms with Crippen molar-refractivity contribution in [3.8, 4) is 11.3 Å². The minimum atomic E-state index is -0.197. The second-order valence-electron chi connectivity index (χ2n) is 6.42. The number of para-hydroxylation sites is 1. The van der Waals surface area contributed by atoms with E-state index in [9.17, 15) is 4.79 Å². The summed E-state index contributed by atoms with van der Waals surface area (Å²) in [6, 6.07) is 19.8. The zero-order chi connectivity index (χ0) is 17.8. The van der Waals surface area contributed by atoms with Crippen molar-refractivity contribution in [2.75, 3.05) is 24.5 Å². The Labute approximate surface area is 152 Å². The van der Waals surface area contributed by atoms with Gasteiger partial charge in [0, 0.05) is 37.0 Å². The summed E-state index contributed by atoms with van der Waals surface area (Å²) >= 11 is 0. The lowest BCUT2D eigenvalue weighted by atomic mass is 10.1. The molecule has 1 amide bonds. The van der Waals surface area contributed by atoms with E-state index in [0.29, 0.717) is 18.0 Å². The lowest BCUT2D eigenvalue weighted by Gasteiger charge is -2.19. The summed E-state index contributed by atoms with van der Waals surface area (Å²) < 4.78 is 5.28. The highest BCUT2D eigenvalue weighted by Crippen LogP contribution is 2.27. The number of nitrogens with zero attached hydrogens (tertiary/aromatic N) is 2. The molecule has 0 saturated heterocycles. The molecule has 0 spiro atoms. The molecule has 3 aromatic rings. The molecular weight excluding hydrogens is 326 g/mol. The van der Waals surface area contributed by atoms with E-state index in [-0.39, 0.29) is 5.91 Å². The molecule has 0 unspecified atom stereocenters. The molecule has 0 radical (unpaired) electrons. The van der Waals surface area contributed by atoms with Crippen molar-refractivity contribution in [3.63, 3.8) is 0 Å². The summed E-state index contributed by atoms with van der Waals surface area (Å²) in [6.45, 7) is 2.60. The highest BCUT2D eigenvalue weighted by Gasteiger charge is 2.18. The van der Waals surface area contributed by atoms with E-state index in [0.717, 1.165) is 31.5 Å². The lowest BCUT2D eigenvalue weighted by Crippen LogP contribution is -2.29. The highest BCUT2D eigenvalue weighted by atomic mass is 16.5. The van der Waals surface area contributed by atoms with Gasteiger partial charge in [0.2, 0.25) is 0 Å². The summed E-state index contributed by atoms with van der Waals surface area (Å²) in [4.78, 5) is 14.6. The Bertz CT molecular complexity index is 889. The van der Waals surface area contributed by atoms with Crippen molar-refractivity contribution in [1.82, 2.24) is 10.5 Å². The zero-order valence-corrected chi connectivity index (χ0v) is 14.5. The number of carbonyl (C=O) groups is 1. The molecule has 26 heavy (non-hydrogen) atoms. The summed E-state index contributed by atoms with van der Waals surface area (Å²) in [5, 5.41) is 6.80. The van der Waals surface area contributed by atoms with Gasteiger partial charge in [-0.25, -0.2) is 0 Å². The van der Waals surface area contributed by atoms with E-state index >= 15 is 0 Å². The van der Waals surface area contributed by atoms with Crippen LogP contribution in [0.15, 0.2) is 65.2 Å². The predicted octanol–water partition coefficient (Wildman–Crippen LogP) is 3.52. The average molecular weight is 347 g/mol. The van der Waals surface area contributed by atoms with Crippen LogP contribution < -0.4 is 10.2 Å². The molecule has 2 aromatic carbocycles. The van der Waals surface area contributed by atoms with Gasteiger partial charge in [0.25, 0.3) is 5.91 Å². The van der Waals surface area contributed by atoms with Crippen molar-refractivity contribution in [1.29, 1.82) is 0 Å². The summed E-state index contributed by atoms with van der Waals surface area (Å²) in [5.41, 5.74) is 3.96. The minimum Gasteiger partial charge on any atom is -0.371 e. The van der Waals surface area contributed by atoms with Gasteiger partial charge in [-0.2, -0.15) is 0 Å². The van der Waals surface area contributed by atoms with Gasteiger partial charge in [0.1, 0.15) is 0 Å². The number of rotatable bonds is 6. The molecule has 0 atom stereocenters. The molecule has 1 aliphatic rings. The van der Waals surface area contributed by atoms with Crippen LogP contribution in [0.25, 0.3) is 11.3 Å². The Morgan fingerprint density at radius 3 is 2.81 bits per heavy atom. The average Bonchev–Trinajstić information content (AvgIpc) is 3.33. The second kappa shape index (κ2) is 7.44. The Morgan fingerprint density at radius 1 is 1.12 bits per heavy atom. The van der Waals surface area contributed by atoms with Crippen LogP contribution in [0.2, 0.25) is 0 Å². The number of carbonyl (C=O) groups excluding carboxylic acids is 1. The molecule has 4 rings (SSSR count). The van der Waals surface area contributed by atoms with Crippen molar-refractivity contribution < 1.29 is 9.32 Å². The molecule has 1 N–H and O–H groups in total. The first-order chi connectivity index (χ1) is 12.8. The smallest absolute Gasteiger partial charge is 0.273 e. The second-order valence-corrected chi connectivity index (χ2v) is 6.42. The van der Waals surface area contributed by atoms with Crippen molar-refractivity contribution in [2.45, 2.75) is 12.8 Å². The van der Waals surface area contributed by atoms with E-state index in [2.05, 4.69) is 39.6 Å². The highest BCUT2D eigenvalue weighted by molar-refractivity contribution is 5.93. The van der Waals surface area contributed by atoms with Crippen LogP contribution in [-0.4, -0.2) is 30.7 Å². The van der Waals surface area contributed by atoms with Crippen molar-refractivity contribution in [3.05, 3.63) is 71.9 Å². The molecule has 132 valence electrons. The van der Waals surface area contributed by atoms with E-state index < -0.39 is 0 Å². The van der Waals surface area contributed by atoms with E-state index in [4.69, 9.17) is 4.52 Å². The van der Waals surface area contributed by atoms with Gasteiger partial charge in [-0.05, 0) is 24.5 Å². The number of benzene rings is 2. The predicted molar refractivity (Wildman–Crippen MR) is 101 cm³/mol. The van der Waals surface area contributed by atoms with Crippen LogP contribution in [0.5, 0.6) is 0 Å². The van der Waals surface area contributed by atoms with Gasteiger partial charge < -0.3 is 14.7 Å². The first kappa shape index (κ1) is 16.4. The normalized spacial score (nSPS) is 12.8. The SMILES string of the molecule is O=C(NCCCN1CCc2ccccc21)c1cc(-c2ccccc2)on1. The van der Waals surface area contributed by atoms with Crippen LogP contribution in [0.3, 0.4) is 0 Å². The quantitative estimate of drug-likeness (QED) is 0.693. The molecule has 0 saturated carbocycles. The van der Waals surface area contributed by atoms with E-state index in [1.165, 1.54) is 11.3 Å². The van der Waals surface area contributed by atoms with Crippen LogP contribution in [0.4, 0.5) is 5.69 Å². The molecule has 5 nitrogen and oxygen atoms in total. The Morgan fingerprint density at radius 2 is 1.92 bits per heavy atom. The fourth-order valence-electron chi connectivity index (χ4n) is 3.32. The van der Waals surface area contributed by atoms with Gasteiger partial charge in [0.05, 0.1) is 0 Å². The van der Waals surface area contributed by atoms with Gasteiger partial charge in [-0.15, -0.1) is 0 Å². The number of fused-ring (bicyclic) bond motifs is 1. The number of hydrogen-bond donors (Lipinski definition) is 1. The van der Waals surface area contributed by atoms with Gasteiger partial charge in [0.15, 0.2) is 11.5 Å². The van der Waals surface area contributed by atoms with Gasteiger partial charge >= 0.3 is 0 Å². The van der Waals surface area contributed by atoms with Crippen LogP contribution in [-0.2, 0) is 6.42 Å². The maximum atomic E-state index is 12.2.